The van der Waals surface area contributed by atoms with Gasteiger partial charge in [0, 0.05) is 13.0 Å². The monoisotopic (exact) mass is 292 g/mol. The fraction of sp³-hybridized carbons (Fsp3) is 0.882. The third kappa shape index (κ3) is 2.32. The molecule has 0 aromatic carbocycles. The molecule has 0 radical (unpaired) electrons. The highest BCUT2D eigenvalue weighted by molar-refractivity contribution is 6.06. The molecule has 2 saturated carbocycles. The minimum atomic E-state index is -0.396. The number of carbonyl (C=O) groups excluding carboxylic acids is 2. The number of nitrogens with zero attached hydrogens (tertiary/aromatic N) is 1. The Kier molecular flexibility index (Phi) is 3.85. The van der Waals surface area contributed by atoms with Crippen LogP contribution in [0.1, 0.15) is 71.1 Å². The summed E-state index contributed by atoms with van der Waals surface area (Å²) in [6.45, 7) is 2.63. The molecule has 3 aliphatic rings. The first-order chi connectivity index (χ1) is 10.0. The molecule has 4 heteroatoms. The number of carbonyl (C=O) groups is 2. The first kappa shape index (κ1) is 15.0. The molecular weight excluding hydrogens is 264 g/mol. The van der Waals surface area contributed by atoms with E-state index in [9.17, 15) is 9.59 Å². The Morgan fingerprint density at radius 3 is 2.48 bits per heavy atom. The molecule has 0 aromatic rings. The van der Waals surface area contributed by atoms with Crippen molar-refractivity contribution in [2.24, 2.45) is 17.1 Å². The molecular formula is C17H28N2O2. The van der Waals surface area contributed by atoms with Gasteiger partial charge in [-0.15, -0.1) is 0 Å². The lowest BCUT2D eigenvalue weighted by atomic mass is 9.72. The quantitative estimate of drug-likeness (QED) is 0.796. The van der Waals surface area contributed by atoms with Crippen molar-refractivity contribution in [3.8, 4) is 0 Å². The summed E-state index contributed by atoms with van der Waals surface area (Å²) in [5.41, 5.74) is 5.30. The molecule has 2 N–H and O–H groups in total. The van der Waals surface area contributed by atoms with Crippen molar-refractivity contribution in [2.75, 3.05) is 6.54 Å². The molecule has 0 aromatic heterocycles. The lowest BCUT2D eigenvalue weighted by Crippen LogP contribution is -2.59. The van der Waals surface area contributed by atoms with E-state index >= 15 is 0 Å². The summed E-state index contributed by atoms with van der Waals surface area (Å²) in [7, 11) is 0. The maximum absolute atomic E-state index is 13.1. The zero-order chi connectivity index (χ0) is 15.1. The maximum Gasteiger partial charge on any atom is 0.236 e. The number of nitrogens with two attached hydrogens (primary N) is 1. The summed E-state index contributed by atoms with van der Waals surface area (Å²) >= 11 is 0. The Bertz CT molecular complexity index is 442. The highest BCUT2D eigenvalue weighted by Crippen LogP contribution is 2.49. The Morgan fingerprint density at radius 1 is 1.14 bits per heavy atom. The summed E-state index contributed by atoms with van der Waals surface area (Å²) in [4.78, 5) is 27.4. The van der Waals surface area contributed by atoms with Gasteiger partial charge in [-0.2, -0.15) is 0 Å². The van der Waals surface area contributed by atoms with Crippen molar-refractivity contribution >= 4 is 11.8 Å². The molecule has 3 fully saturated rings. The first-order valence-electron chi connectivity index (χ1n) is 8.61. The van der Waals surface area contributed by atoms with E-state index in [2.05, 4.69) is 6.92 Å². The van der Waals surface area contributed by atoms with Crippen LogP contribution < -0.4 is 5.73 Å². The molecule has 21 heavy (non-hydrogen) atoms. The van der Waals surface area contributed by atoms with E-state index in [-0.39, 0.29) is 17.2 Å². The van der Waals surface area contributed by atoms with Gasteiger partial charge in [0.05, 0.1) is 11.0 Å². The van der Waals surface area contributed by atoms with Gasteiger partial charge < -0.3 is 5.73 Å². The van der Waals surface area contributed by atoms with E-state index in [1.54, 1.807) is 4.90 Å². The van der Waals surface area contributed by atoms with Crippen LogP contribution in [-0.4, -0.2) is 28.8 Å². The van der Waals surface area contributed by atoms with Crippen LogP contribution in [0.25, 0.3) is 0 Å². The van der Waals surface area contributed by atoms with Gasteiger partial charge in [0.1, 0.15) is 0 Å². The Hall–Kier alpha value is -0.900. The number of imide groups is 1. The van der Waals surface area contributed by atoms with Crippen molar-refractivity contribution in [2.45, 2.75) is 76.7 Å². The number of amides is 2. The summed E-state index contributed by atoms with van der Waals surface area (Å²) in [6, 6.07) is 0. The van der Waals surface area contributed by atoms with Crippen LogP contribution in [0, 0.1) is 11.3 Å². The van der Waals surface area contributed by atoms with Crippen LogP contribution in [0.2, 0.25) is 0 Å². The maximum atomic E-state index is 13.1. The predicted molar refractivity (Wildman–Crippen MR) is 81.4 cm³/mol. The second-order valence-corrected chi connectivity index (χ2v) is 7.68. The highest BCUT2D eigenvalue weighted by Gasteiger charge is 2.57. The summed E-state index contributed by atoms with van der Waals surface area (Å²) in [6.07, 6.45) is 9.61. The second-order valence-electron chi connectivity index (χ2n) is 7.68. The Morgan fingerprint density at radius 2 is 1.86 bits per heavy atom. The minimum Gasteiger partial charge on any atom is -0.328 e. The molecule has 2 unspecified atom stereocenters. The van der Waals surface area contributed by atoms with Crippen molar-refractivity contribution in [3.05, 3.63) is 0 Å². The fourth-order valence-corrected chi connectivity index (χ4v) is 5.01. The molecule has 2 aliphatic carbocycles. The van der Waals surface area contributed by atoms with Gasteiger partial charge in [-0.05, 0) is 31.6 Å². The first-order valence-corrected chi connectivity index (χ1v) is 8.61. The molecule has 4 nitrogen and oxygen atoms in total. The zero-order valence-corrected chi connectivity index (χ0v) is 13.2. The SMILES string of the molecule is CC1CCCC(CN)(N2C(=O)CC3(CCCCC3)C2=O)C1. The normalized spacial score (nSPS) is 36.5. The fourth-order valence-electron chi connectivity index (χ4n) is 5.01. The van der Waals surface area contributed by atoms with Crippen molar-refractivity contribution in [1.29, 1.82) is 0 Å². The average Bonchev–Trinajstić information content (AvgIpc) is 2.71. The minimum absolute atomic E-state index is 0.0430. The number of hydrogen-bond donors (Lipinski definition) is 1. The smallest absolute Gasteiger partial charge is 0.236 e. The molecule has 1 aliphatic heterocycles. The van der Waals surface area contributed by atoms with E-state index in [1.165, 1.54) is 12.8 Å². The van der Waals surface area contributed by atoms with Gasteiger partial charge in [0.15, 0.2) is 0 Å². The van der Waals surface area contributed by atoms with Crippen LogP contribution in [0.3, 0.4) is 0 Å². The molecule has 1 saturated heterocycles. The van der Waals surface area contributed by atoms with Crippen LogP contribution in [0.15, 0.2) is 0 Å². The summed E-state index contributed by atoms with van der Waals surface area (Å²) < 4.78 is 0. The van der Waals surface area contributed by atoms with E-state index in [0.717, 1.165) is 44.9 Å². The van der Waals surface area contributed by atoms with E-state index in [0.29, 0.717) is 18.9 Å². The summed E-state index contributed by atoms with van der Waals surface area (Å²) in [5.74, 6) is 0.694. The molecule has 118 valence electrons. The molecule has 1 heterocycles. The molecule has 0 bridgehead atoms. The lowest BCUT2D eigenvalue weighted by Gasteiger charge is -2.45. The Balaban J connectivity index is 1.90. The van der Waals surface area contributed by atoms with E-state index in [4.69, 9.17) is 5.73 Å². The number of hydrogen-bond acceptors (Lipinski definition) is 3. The molecule has 2 atom stereocenters. The standard InChI is InChI=1S/C17H28N2O2/c1-13-6-5-9-17(10-13,12-18)19-14(20)11-16(15(19)21)7-3-2-4-8-16/h13H,2-12,18H2,1H3. The van der Waals surface area contributed by atoms with Gasteiger partial charge in [-0.25, -0.2) is 0 Å². The zero-order valence-electron chi connectivity index (χ0n) is 13.2. The van der Waals surface area contributed by atoms with Crippen molar-refractivity contribution in [3.63, 3.8) is 0 Å². The van der Waals surface area contributed by atoms with Crippen LogP contribution in [0.5, 0.6) is 0 Å². The molecule has 3 rings (SSSR count). The number of likely N-dealkylation sites (tertiary alicyclic amines) is 1. The Labute approximate surface area is 127 Å². The van der Waals surface area contributed by atoms with Gasteiger partial charge >= 0.3 is 0 Å². The van der Waals surface area contributed by atoms with Gasteiger partial charge in [-0.1, -0.05) is 39.0 Å². The predicted octanol–water partition coefficient (Wildman–Crippen LogP) is 2.60. The summed E-state index contributed by atoms with van der Waals surface area (Å²) in [5, 5.41) is 0. The van der Waals surface area contributed by atoms with Crippen molar-refractivity contribution in [1.82, 2.24) is 4.90 Å². The third-order valence-electron chi connectivity index (χ3n) is 6.13. The van der Waals surface area contributed by atoms with E-state index < -0.39 is 5.54 Å². The molecule has 2 amide bonds. The van der Waals surface area contributed by atoms with Crippen LogP contribution in [-0.2, 0) is 9.59 Å². The van der Waals surface area contributed by atoms with Crippen LogP contribution in [0.4, 0.5) is 0 Å². The van der Waals surface area contributed by atoms with Crippen molar-refractivity contribution < 1.29 is 9.59 Å². The largest absolute Gasteiger partial charge is 0.328 e. The second kappa shape index (κ2) is 5.38. The molecule has 1 spiro atoms. The number of rotatable bonds is 2. The van der Waals surface area contributed by atoms with Crippen LogP contribution >= 0.6 is 0 Å². The van der Waals surface area contributed by atoms with E-state index in [1.807, 2.05) is 0 Å². The lowest BCUT2D eigenvalue weighted by molar-refractivity contribution is -0.151. The van der Waals surface area contributed by atoms with Gasteiger partial charge in [0.2, 0.25) is 11.8 Å². The third-order valence-corrected chi connectivity index (χ3v) is 6.13. The van der Waals surface area contributed by atoms with Gasteiger partial charge in [-0.3, -0.25) is 14.5 Å². The topological polar surface area (TPSA) is 63.4 Å². The highest BCUT2D eigenvalue weighted by atomic mass is 16.2. The average molecular weight is 292 g/mol. The van der Waals surface area contributed by atoms with Gasteiger partial charge in [0.25, 0.3) is 0 Å².